The molecule has 1 heterocycles. The summed E-state index contributed by atoms with van der Waals surface area (Å²) < 4.78 is 5.23. The molecule has 1 aromatic rings. The van der Waals surface area contributed by atoms with Crippen LogP contribution in [0.3, 0.4) is 0 Å². The van der Waals surface area contributed by atoms with Crippen molar-refractivity contribution in [2.75, 3.05) is 25.1 Å². The third-order valence-electron chi connectivity index (χ3n) is 3.67. The molecule has 1 aliphatic heterocycles. The van der Waals surface area contributed by atoms with Gasteiger partial charge in [0.1, 0.15) is 5.92 Å². The van der Waals surface area contributed by atoms with E-state index in [0.29, 0.717) is 12.2 Å². The Hall–Kier alpha value is -2.08. The van der Waals surface area contributed by atoms with Crippen LogP contribution in [-0.2, 0) is 9.53 Å². The van der Waals surface area contributed by atoms with E-state index in [0.717, 1.165) is 5.56 Å². The molecule has 6 nitrogen and oxygen atoms in total. The Bertz CT molecular complexity index is 515. The van der Waals surface area contributed by atoms with Gasteiger partial charge in [-0.2, -0.15) is 0 Å². The highest BCUT2D eigenvalue weighted by atomic mass is 16.5. The van der Waals surface area contributed by atoms with Crippen molar-refractivity contribution in [2.45, 2.75) is 19.9 Å². The third-order valence-corrected chi connectivity index (χ3v) is 3.67. The smallest absolute Gasteiger partial charge is 0.322 e. The zero-order valence-corrected chi connectivity index (χ0v) is 12.2. The maximum atomic E-state index is 12.4. The van der Waals surface area contributed by atoms with E-state index < -0.39 is 17.9 Å². The van der Waals surface area contributed by atoms with Crippen LogP contribution in [0, 0.1) is 12.8 Å². The minimum Gasteiger partial charge on any atom is -0.481 e. The first-order valence-electron chi connectivity index (χ1n) is 6.97. The van der Waals surface area contributed by atoms with Crippen molar-refractivity contribution < 1.29 is 19.4 Å². The summed E-state index contributed by atoms with van der Waals surface area (Å²) >= 11 is 0. The molecule has 114 valence electrons. The van der Waals surface area contributed by atoms with Crippen molar-refractivity contribution in [3.63, 3.8) is 0 Å². The standard InChI is InChI=1S/C15H20N2O4/c1-3-17(13-9-21-8-12(13)14(18)19)15(20)16-11-6-4-10(2)5-7-11/h4-7,12-13H,3,8-9H2,1-2H3,(H,16,20)(H,18,19). The first kappa shape index (κ1) is 15.3. The van der Waals surface area contributed by atoms with Crippen LogP contribution in [0.1, 0.15) is 12.5 Å². The number of aryl methyl sites for hydroxylation is 1. The highest BCUT2D eigenvalue weighted by Gasteiger charge is 2.39. The Labute approximate surface area is 123 Å². The topological polar surface area (TPSA) is 78.9 Å². The normalized spacial score (nSPS) is 21.0. The number of urea groups is 1. The number of carboxylic acid groups (broad SMARTS) is 1. The van der Waals surface area contributed by atoms with Crippen LogP contribution >= 0.6 is 0 Å². The summed E-state index contributed by atoms with van der Waals surface area (Å²) in [5, 5.41) is 12.0. The van der Waals surface area contributed by atoms with Crippen LogP contribution < -0.4 is 5.32 Å². The van der Waals surface area contributed by atoms with Crippen LogP contribution in [0.2, 0.25) is 0 Å². The monoisotopic (exact) mass is 292 g/mol. The lowest BCUT2D eigenvalue weighted by molar-refractivity contribution is -0.142. The molecule has 0 saturated carbocycles. The minimum absolute atomic E-state index is 0.147. The molecule has 2 unspecified atom stereocenters. The number of benzene rings is 1. The summed E-state index contributed by atoms with van der Waals surface area (Å²) in [5.41, 5.74) is 1.80. The predicted octanol–water partition coefficient (Wildman–Crippen LogP) is 1.95. The summed E-state index contributed by atoms with van der Waals surface area (Å²) in [6.07, 6.45) is 0. The van der Waals surface area contributed by atoms with Crippen molar-refractivity contribution in [3.05, 3.63) is 29.8 Å². The molecule has 2 atom stereocenters. The van der Waals surface area contributed by atoms with Gasteiger partial charge in [0.05, 0.1) is 19.3 Å². The number of carbonyl (C=O) groups excluding carboxylic acids is 1. The predicted molar refractivity (Wildman–Crippen MR) is 78.3 cm³/mol. The van der Waals surface area contributed by atoms with E-state index in [-0.39, 0.29) is 19.2 Å². The molecule has 0 bridgehead atoms. The van der Waals surface area contributed by atoms with Crippen LogP contribution in [-0.4, -0.2) is 47.8 Å². The molecule has 2 rings (SSSR count). The number of carbonyl (C=O) groups is 2. The van der Waals surface area contributed by atoms with Gasteiger partial charge in [0.2, 0.25) is 0 Å². The first-order chi connectivity index (χ1) is 10.0. The average Bonchev–Trinajstić information content (AvgIpc) is 2.91. The van der Waals surface area contributed by atoms with Gasteiger partial charge in [-0.3, -0.25) is 4.79 Å². The van der Waals surface area contributed by atoms with Crippen molar-refractivity contribution in [3.8, 4) is 0 Å². The zero-order chi connectivity index (χ0) is 15.4. The quantitative estimate of drug-likeness (QED) is 0.889. The van der Waals surface area contributed by atoms with E-state index in [1.54, 1.807) is 0 Å². The SMILES string of the molecule is CCN(C(=O)Nc1ccc(C)cc1)C1COCC1C(=O)O. The zero-order valence-electron chi connectivity index (χ0n) is 12.2. The van der Waals surface area contributed by atoms with Gasteiger partial charge in [-0.15, -0.1) is 0 Å². The number of likely N-dealkylation sites (N-methyl/N-ethyl adjacent to an activating group) is 1. The number of anilines is 1. The molecule has 0 spiro atoms. The van der Waals surface area contributed by atoms with Gasteiger partial charge >= 0.3 is 12.0 Å². The molecular formula is C15H20N2O4. The number of rotatable bonds is 4. The van der Waals surface area contributed by atoms with Gasteiger partial charge in [-0.1, -0.05) is 17.7 Å². The number of hydrogen-bond donors (Lipinski definition) is 2. The van der Waals surface area contributed by atoms with E-state index in [9.17, 15) is 14.7 Å². The van der Waals surface area contributed by atoms with Crippen LogP contribution in [0.5, 0.6) is 0 Å². The maximum Gasteiger partial charge on any atom is 0.322 e. The fraction of sp³-hybridized carbons (Fsp3) is 0.467. The number of nitrogens with one attached hydrogen (secondary N) is 1. The second kappa shape index (κ2) is 6.58. The average molecular weight is 292 g/mol. The van der Waals surface area contributed by atoms with E-state index in [1.165, 1.54) is 4.90 Å². The van der Waals surface area contributed by atoms with Crippen LogP contribution in [0.4, 0.5) is 10.5 Å². The number of aliphatic carboxylic acids is 1. The highest BCUT2D eigenvalue weighted by molar-refractivity contribution is 5.90. The number of nitrogens with zero attached hydrogens (tertiary/aromatic N) is 1. The van der Waals surface area contributed by atoms with E-state index in [1.807, 2.05) is 38.1 Å². The second-order valence-electron chi connectivity index (χ2n) is 5.13. The van der Waals surface area contributed by atoms with Gasteiger partial charge in [0.15, 0.2) is 0 Å². The Morgan fingerprint density at radius 3 is 2.57 bits per heavy atom. The summed E-state index contributed by atoms with van der Waals surface area (Å²) in [4.78, 5) is 25.1. The number of amides is 2. The lowest BCUT2D eigenvalue weighted by Crippen LogP contribution is -2.48. The Kier molecular flexibility index (Phi) is 4.80. The van der Waals surface area contributed by atoms with Gasteiger partial charge < -0.3 is 20.1 Å². The molecule has 1 aliphatic rings. The minimum atomic E-state index is -0.931. The largest absolute Gasteiger partial charge is 0.481 e. The summed E-state index contributed by atoms with van der Waals surface area (Å²) in [7, 11) is 0. The second-order valence-corrected chi connectivity index (χ2v) is 5.13. The molecule has 21 heavy (non-hydrogen) atoms. The van der Waals surface area contributed by atoms with Crippen molar-refractivity contribution in [1.29, 1.82) is 0 Å². The van der Waals surface area contributed by atoms with Crippen molar-refractivity contribution >= 4 is 17.7 Å². The molecule has 2 amide bonds. The van der Waals surface area contributed by atoms with Gasteiger partial charge in [-0.05, 0) is 26.0 Å². The molecule has 0 aromatic heterocycles. The van der Waals surface area contributed by atoms with Gasteiger partial charge in [0, 0.05) is 12.2 Å². The van der Waals surface area contributed by atoms with Crippen LogP contribution in [0.15, 0.2) is 24.3 Å². The molecule has 2 N–H and O–H groups in total. The molecule has 6 heteroatoms. The molecule has 1 fully saturated rings. The van der Waals surface area contributed by atoms with E-state index in [2.05, 4.69) is 5.32 Å². The van der Waals surface area contributed by atoms with Crippen molar-refractivity contribution in [1.82, 2.24) is 4.90 Å². The lowest BCUT2D eigenvalue weighted by Gasteiger charge is -2.29. The fourth-order valence-corrected chi connectivity index (χ4v) is 2.45. The fourth-order valence-electron chi connectivity index (χ4n) is 2.45. The van der Waals surface area contributed by atoms with Crippen LogP contribution in [0.25, 0.3) is 0 Å². The first-order valence-corrected chi connectivity index (χ1v) is 6.97. The summed E-state index contributed by atoms with van der Waals surface area (Å²) in [6, 6.07) is 6.72. The lowest BCUT2D eigenvalue weighted by atomic mass is 10.0. The highest BCUT2D eigenvalue weighted by Crippen LogP contribution is 2.21. The molecule has 0 radical (unpaired) electrons. The number of hydrogen-bond acceptors (Lipinski definition) is 3. The molecule has 0 aliphatic carbocycles. The number of carboxylic acids is 1. The van der Waals surface area contributed by atoms with E-state index in [4.69, 9.17) is 4.74 Å². The maximum absolute atomic E-state index is 12.4. The number of ether oxygens (including phenoxy) is 1. The molecular weight excluding hydrogens is 272 g/mol. The Morgan fingerprint density at radius 1 is 1.33 bits per heavy atom. The third kappa shape index (κ3) is 3.52. The summed E-state index contributed by atoms with van der Waals surface area (Å²) in [6.45, 7) is 4.62. The van der Waals surface area contributed by atoms with Crippen molar-refractivity contribution in [2.24, 2.45) is 5.92 Å². The van der Waals surface area contributed by atoms with Gasteiger partial charge in [0.25, 0.3) is 0 Å². The van der Waals surface area contributed by atoms with Gasteiger partial charge in [-0.25, -0.2) is 4.79 Å². The summed E-state index contributed by atoms with van der Waals surface area (Å²) in [5.74, 6) is -1.60. The Balaban J connectivity index is 2.07. The molecule has 1 aromatic carbocycles. The Morgan fingerprint density at radius 2 is 2.00 bits per heavy atom. The van der Waals surface area contributed by atoms with E-state index >= 15 is 0 Å². The molecule has 1 saturated heterocycles.